The molecule has 1 aliphatic heterocycles. The zero-order chi connectivity index (χ0) is 12.5. The van der Waals surface area contributed by atoms with Crippen LogP contribution in [0.5, 0.6) is 0 Å². The van der Waals surface area contributed by atoms with Gasteiger partial charge in [-0.25, -0.2) is 9.97 Å². The van der Waals surface area contributed by atoms with Gasteiger partial charge in [0.2, 0.25) is 0 Å². The van der Waals surface area contributed by atoms with Crippen molar-refractivity contribution in [3.05, 3.63) is 6.20 Å². The highest BCUT2D eigenvalue weighted by Gasteiger charge is 2.26. The average Bonchev–Trinajstić information content (AvgIpc) is 2.29. The third-order valence-corrected chi connectivity index (χ3v) is 3.25. The van der Waals surface area contributed by atoms with Crippen LogP contribution in [0.4, 0.5) is 17.5 Å². The Kier molecular flexibility index (Phi) is 3.06. The number of nitrogens with two attached hydrogens (primary N) is 2. The number of nitrogen functional groups attached to an aromatic ring is 1. The summed E-state index contributed by atoms with van der Waals surface area (Å²) in [4.78, 5) is 10.8. The van der Waals surface area contributed by atoms with Gasteiger partial charge in [-0.15, -0.1) is 0 Å². The van der Waals surface area contributed by atoms with Crippen molar-refractivity contribution in [1.29, 1.82) is 0 Å². The number of nitrogens with zero attached hydrogens (tertiary/aromatic N) is 3. The summed E-state index contributed by atoms with van der Waals surface area (Å²) in [6.45, 7) is 3.90. The minimum Gasteiger partial charge on any atom is -0.381 e. The van der Waals surface area contributed by atoms with Gasteiger partial charge in [-0.2, -0.15) is 0 Å². The third-order valence-electron chi connectivity index (χ3n) is 3.25. The second-order valence-corrected chi connectivity index (χ2v) is 4.85. The van der Waals surface area contributed by atoms with Gasteiger partial charge in [0.05, 0.1) is 6.20 Å². The first-order valence-corrected chi connectivity index (χ1v) is 5.86. The summed E-state index contributed by atoms with van der Waals surface area (Å²) in [5, 5.41) is 2.90. The van der Waals surface area contributed by atoms with E-state index in [9.17, 15) is 0 Å². The summed E-state index contributed by atoms with van der Waals surface area (Å²) in [5.41, 5.74) is 11.8. The summed E-state index contributed by atoms with van der Waals surface area (Å²) in [6.07, 6.45) is 3.67. The number of hydrogen-bond donors (Lipinski definition) is 3. The van der Waals surface area contributed by atoms with Gasteiger partial charge < -0.3 is 21.7 Å². The molecule has 5 N–H and O–H groups in total. The highest BCUT2D eigenvalue weighted by molar-refractivity contribution is 5.59. The predicted octanol–water partition coefficient (Wildman–Crippen LogP) is 0.418. The normalized spacial score (nSPS) is 19.1. The lowest BCUT2D eigenvalue weighted by Gasteiger charge is -2.37. The Hall–Kier alpha value is -1.56. The highest BCUT2D eigenvalue weighted by atomic mass is 15.2. The van der Waals surface area contributed by atoms with Gasteiger partial charge in [0.25, 0.3) is 0 Å². The maximum absolute atomic E-state index is 6.10. The van der Waals surface area contributed by atoms with Crippen LogP contribution in [0.25, 0.3) is 0 Å². The molecule has 0 radical (unpaired) electrons. The Morgan fingerprint density at radius 3 is 2.59 bits per heavy atom. The first-order valence-electron chi connectivity index (χ1n) is 5.86. The van der Waals surface area contributed by atoms with Gasteiger partial charge in [0, 0.05) is 25.7 Å². The molecule has 94 valence electrons. The van der Waals surface area contributed by atoms with Crippen molar-refractivity contribution in [2.24, 2.45) is 5.73 Å². The van der Waals surface area contributed by atoms with Crippen molar-refractivity contribution < 1.29 is 0 Å². The standard InChI is InChI=1S/C11H20N6/c1-11(13)3-5-17(6-4-11)8-7-15-10(14-2)9(12)16-8/h7H,3-6,13H2,1-2H3,(H2,12,16)(H,14,15). The molecule has 1 saturated heterocycles. The van der Waals surface area contributed by atoms with Crippen molar-refractivity contribution in [3.63, 3.8) is 0 Å². The zero-order valence-electron chi connectivity index (χ0n) is 10.4. The molecule has 0 bridgehead atoms. The number of nitrogens with one attached hydrogen (secondary N) is 1. The molecule has 1 aliphatic rings. The smallest absolute Gasteiger partial charge is 0.168 e. The van der Waals surface area contributed by atoms with Crippen LogP contribution >= 0.6 is 0 Å². The summed E-state index contributed by atoms with van der Waals surface area (Å²) < 4.78 is 0. The molecule has 2 rings (SSSR count). The second-order valence-electron chi connectivity index (χ2n) is 4.85. The van der Waals surface area contributed by atoms with Crippen molar-refractivity contribution in [2.45, 2.75) is 25.3 Å². The van der Waals surface area contributed by atoms with Gasteiger partial charge >= 0.3 is 0 Å². The number of rotatable bonds is 2. The third kappa shape index (κ3) is 2.58. The molecule has 0 aliphatic carbocycles. The van der Waals surface area contributed by atoms with Crippen molar-refractivity contribution >= 4 is 17.5 Å². The van der Waals surface area contributed by atoms with E-state index in [2.05, 4.69) is 27.1 Å². The SMILES string of the molecule is CNc1ncc(N2CCC(C)(N)CC2)nc1N. The first-order chi connectivity index (χ1) is 8.02. The molecule has 0 atom stereocenters. The van der Waals surface area contributed by atoms with Crippen LogP contribution < -0.4 is 21.7 Å². The van der Waals surface area contributed by atoms with Crippen LogP contribution in [0.1, 0.15) is 19.8 Å². The Morgan fingerprint density at radius 2 is 2.06 bits per heavy atom. The molecule has 1 aromatic heterocycles. The lowest BCUT2D eigenvalue weighted by molar-refractivity contribution is 0.363. The maximum atomic E-state index is 6.10. The van der Waals surface area contributed by atoms with Crippen LogP contribution in [0.3, 0.4) is 0 Å². The largest absolute Gasteiger partial charge is 0.381 e. The Morgan fingerprint density at radius 1 is 1.41 bits per heavy atom. The predicted molar refractivity (Wildman–Crippen MR) is 70.0 cm³/mol. The number of anilines is 3. The quantitative estimate of drug-likeness (QED) is 0.689. The van der Waals surface area contributed by atoms with E-state index >= 15 is 0 Å². The fourth-order valence-corrected chi connectivity index (χ4v) is 1.99. The van der Waals surface area contributed by atoms with E-state index in [0.29, 0.717) is 11.6 Å². The highest BCUT2D eigenvalue weighted by Crippen LogP contribution is 2.24. The number of piperidine rings is 1. The topological polar surface area (TPSA) is 93.1 Å². The van der Waals surface area contributed by atoms with Crippen molar-refractivity contribution in [1.82, 2.24) is 9.97 Å². The molecular weight excluding hydrogens is 216 g/mol. The molecule has 0 saturated carbocycles. The zero-order valence-corrected chi connectivity index (χ0v) is 10.4. The minimum atomic E-state index is -0.0552. The van der Waals surface area contributed by atoms with Gasteiger partial charge in [0.1, 0.15) is 5.82 Å². The monoisotopic (exact) mass is 236 g/mol. The molecule has 0 spiro atoms. The van der Waals surface area contributed by atoms with Crippen molar-refractivity contribution in [3.8, 4) is 0 Å². The molecule has 1 aromatic rings. The number of hydrogen-bond acceptors (Lipinski definition) is 6. The van der Waals surface area contributed by atoms with E-state index in [0.717, 1.165) is 31.7 Å². The molecule has 0 amide bonds. The number of aromatic nitrogens is 2. The fourth-order valence-electron chi connectivity index (χ4n) is 1.99. The van der Waals surface area contributed by atoms with Crippen LogP contribution in [0.2, 0.25) is 0 Å². The Labute approximate surface area is 101 Å². The van der Waals surface area contributed by atoms with E-state index < -0.39 is 0 Å². The minimum absolute atomic E-state index is 0.0552. The molecule has 6 heteroatoms. The lowest BCUT2D eigenvalue weighted by atomic mass is 9.91. The summed E-state index contributed by atoms with van der Waals surface area (Å²) in [5.74, 6) is 1.89. The van der Waals surface area contributed by atoms with E-state index in [1.807, 2.05) is 0 Å². The molecule has 0 aromatic carbocycles. The van der Waals surface area contributed by atoms with Crippen LogP contribution in [-0.2, 0) is 0 Å². The van der Waals surface area contributed by atoms with Crippen LogP contribution in [-0.4, -0.2) is 35.6 Å². The van der Waals surface area contributed by atoms with Crippen molar-refractivity contribution in [2.75, 3.05) is 36.1 Å². The van der Waals surface area contributed by atoms with E-state index in [4.69, 9.17) is 11.5 Å². The van der Waals surface area contributed by atoms with Crippen LogP contribution in [0, 0.1) is 0 Å². The molecule has 1 fully saturated rings. The van der Waals surface area contributed by atoms with Gasteiger partial charge in [-0.1, -0.05) is 0 Å². The first kappa shape index (κ1) is 11.9. The van der Waals surface area contributed by atoms with E-state index in [1.54, 1.807) is 13.2 Å². The fraction of sp³-hybridized carbons (Fsp3) is 0.636. The second kappa shape index (κ2) is 4.37. The van der Waals surface area contributed by atoms with Gasteiger partial charge in [-0.05, 0) is 19.8 Å². The van der Waals surface area contributed by atoms with Crippen LogP contribution in [0.15, 0.2) is 6.20 Å². The molecule has 6 nitrogen and oxygen atoms in total. The average molecular weight is 236 g/mol. The Balaban J connectivity index is 2.11. The summed E-state index contributed by atoms with van der Waals surface area (Å²) >= 11 is 0. The van der Waals surface area contributed by atoms with E-state index in [-0.39, 0.29) is 5.54 Å². The van der Waals surface area contributed by atoms with Gasteiger partial charge in [-0.3, -0.25) is 0 Å². The van der Waals surface area contributed by atoms with Gasteiger partial charge in [0.15, 0.2) is 11.6 Å². The lowest BCUT2D eigenvalue weighted by Crippen LogP contribution is -2.48. The van der Waals surface area contributed by atoms with E-state index in [1.165, 1.54) is 0 Å². The maximum Gasteiger partial charge on any atom is 0.168 e. The molecule has 0 unspecified atom stereocenters. The molecular formula is C11H20N6. The summed E-state index contributed by atoms with van der Waals surface area (Å²) in [7, 11) is 1.78. The Bertz CT molecular complexity index is 393. The molecule has 17 heavy (non-hydrogen) atoms. The molecule has 2 heterocycles. The summed E-state index contributed by atoms with van der Waals surface area (Å²) in [6, 6.07) is 0.